The van der Waals surface area contributed by atoms with E-state index in [9.17, 15) is 31.6 Å². The highest BCUT2D eigenvalue weighted by molar-refractivity contribution is 7.92. The van der Waals surface area contributed by atoms with E-state index in [1.54, 1.807) is 61.5 Å². The van der Waals surface area contributed by atoms with Crippen LogP contribution < -0.4 is 9.62 Å². The molecule has 0 fully saturated rings. The molecule has 0 saturated heterocycles. The Hall–Kier alpha value is -4.45. The van der Waals surface area contributed by atoms with Crippen molar-refractivity contribution in [2.24, 2.45) is 0 Å². The highest BCUT2D eigenvalue weighted by Gasteiger charge is 2.36. The van der Waals surface area contributed by atoms with Gasteiger partial charge in [0.25, 0.3) is 5.91 Å². The topological polar surface area (TPSA) is 86.7 Å². The second-order valence-electron chi connectivity index (χ2n) is 10.9. The van der Waals surface area contributed by atoms with Gasteiger partial charge in [-0.3, -0.25) is 4.79 Å². The molecule has 0 heterocycles. The van der Waals surface area contributed by atoms with Crippen molar-refractivity contribution in [3.05, 3.63) is 138 Å². The highest BCUT2D eigenvalue weighted by atomic mass is 32.2. The highest BCUT2D eigenvalue weighted by Crippen LogP contribution is 2.32. The minimum Gasteiger partial charge on any atom is -0.346 e. The number of hydrogen-bond donors (Lipinski definition) is 2. The van der Waals surface area contributed by atoms with Gasteiger partial charge in [0.15, 0.2) is 0 Å². The van der Waals surface area contributed by atoms with Crippen molar-refractivity contribution in [2.45, 2.75) is 32.2 Å². The molecular weight excluding hydrogens is 603 g/mol. The van der Waals surface area contributed by atoms with Crippen LogP contribution in [0.1, 0.15) is 39.5 Å². The lowest BCUT2D eigenvalue weighted by atomic mass is 10.1. The van der Waals surface area contributed by atoms with E-state index < -0.39 is 38.4 Å². The lowest BCUT2D eigenvalue weighted by molar-refractivity contribution is -1.14. The number of hydroxylamine groups is 3. The molecule has 4 aromatic carbocycles. The Balaban J connectivity index is 1.61. The van der Waals surface area contributed by atoms with Crippen LogP contribution in [0, 0.1) is 0 Å². The summed E-state index contributed by atoms with van der Waals surface area (Å²) in [7, 11) is -3.79. The number of hydrogen-bond acceptors (Lipinski definition) is 4. The van der Waals surface area contributed by atoms with Crippen molar-refractivity contribution >= 4 is 33.4 Å². The van der Waals surface area contributed by atoms with Gasteiger partial charge >= 0.3 is 6.18 Å². The van der Waals surface area contributed by atoms with Crippen LogP contribution in [0.4, 0.5) is 24.5 Å². The van der Waals surface area contributed by atoms with Gasteiger partial charge in [-0.15, -0.1) is 0 Å². The molecule has 45 heavy (non-hydrogen) atoms. The number of anilines is 2. The number of sulfonamides is 1. The second-order valence-corrected chi connectivity index (χ2v) is 12.8. The summed E-state index contributed by atoms with van der Waals surface area (Å²) in [6.45, 7) is 5.36. The van der Waals surface area contributed by atoms with Crippen LogP contribution in [0.2, 0.25) is 0 Å². The first-order chi connectivity index (χ1) is 21.2. The van der Waals surface area contributed by atoms with Crippen molar-refractivity contribution in [3.8, 4) is 0 Å². The average molecular weight is 639 g/mol. The fourth-order valence-electron chi connectivity index (χ4n) is 5.04. The van der Waals surface area contributed by atoms with Gasteiger partial charge in [0.2, 0.25) is 10.0 Å². The Labute approximate surface area is 261 Å². The zero-order chi connectivity index (χ0) is 32.8. The molecule has 0 aliphatic rings. The third kappa shape index (κ3) is 8.59. The molecule has 1 amide bonds. The van der Waals surface area contributed by atoms with Gasteiger partial charge in [-0.05, 0) is 55.0 Å². The van der Waals surface area contributed by atoms with Crippen LogP contribution in [0.5, 0.6) is 0 Å². The molecule has 236 valence electrons. The molecule has 1 unspecified atom stereocenters. The first-order valence-corrected chi connectivity index (χ1v) is 15.9. The predicted molar refractivity (Wildman–Crippen MR) is 169 cm³/mol. The number of carbonyl (C=O) groups is 1. The van der Waals surface area contributed by atoms with Gasteiger partial charge in [-0.1, -0.05) is 73.3 Å². The SMILES string of the molecule is C=Cc1cc(C(=O)NC[C@@H](C)[N+](O)(Cc2ccccc2)Cc2cccc(C(F)(F)F)c2)cc(N(c2ccccc2)S(C)(=O)=O)c1. The van der Waals surface area contributed by atoms with Crippen LogP contribution in [0.15, 0.2) is 110 Å². The molecule has 0 aliphatic heterocycles. The lowest BCUT2D eigenvalue weighted by Gasteiger charge is -2.36. The maximum Gasteiger partial charge on any atom is 0.416 e. The summed E-state index contributed by atoms with van der Waals surface area (Å²) >= 11 is 0. The minimum absolute atomic E-state index is 0.0384. The molecule has 2 N–H and O–H groups in total. The first kappa shape index (κ1) is 33.4. The van der Waals surface area contributed by atoms with Gasteiger partial charge in [0, 0.05) is 16.7 Å². The molecule has 11 heteroatoms. The zero-order valence-electron chi connectivity index (χ0n) is 24.9. The molecular formula is C34H35F3N3O4S+. The number of halogens is 3. The van der Waals surface area contributed by atoms with Crippen LogP contribution in [-0.4, -0.2) is 43.0 Å². The summed E-state index contributed by atoms with van der Waals surface area (Å²) in [6, 6.07) is 26.3. The van der Waals surface area contributed by atoms with E-state index in [2.05, 4.69) is 11.9 Å². The number of quaternary nitrogens is 1. The summed E-state index contributed by atoms with van der Waals surface area (Å²) in [5.74, 6) is -0.529. The van der Waals surface area contributed by atoms with Gasteiger partial charge < -0.3 is 5.32 Å². The molecule has 4 rings (SSSR count). The molecule has 0 bridgehead atoms. The molecule has 0 aliphatic carbocycles. The Morgan fingerprint density at radius 3 is 2.11 bits per heavy atom. The van der Waals surface area contributed by atoms with Gasteiger partial charge in [0.1, 0.15) is 19.1 Å². The Morgan fingerprint density at radius 1 is 0.911 bits per heavy atom. The van der Waals surface area contributed by atoms with E-state index in [0.29, 0.717) is 11.3 Å². The second kappa shape index (κ2) is 13.7. The third-order valence-electron chi connectivity index (χ3n) is 7.38. The van der Waals surface area contributed by atoms with Crippen molar-refractivity contribution in [1.82, 2.24) is 5.32 Å². The van der Waals surface area contributed by atoms with Crippen molar-refractivity contribution in [2.75, 3.05) is 17.1 Å². The monoisotopic (exact) mass is 638 g/mol. The van der Waals surface area contributed by atoms with Gasteiger partial charge in [-0.2, -0.15) is 17.8 Å². The Kier molecular flexibility index (Phi) is 10.2. The van der Waals surface area contributed by atoms with Crippen molar-refractivity contribution < 1.29 is 36.2 Å². The number of para-hydroxylation sites is 1. The Morgan fingerprint density at radius 2 is 1.51 bits per heavy atom. The maximum absolute atomic E-state index is 13.4. The number of amides is 1. The summed E-state index contributed by atoms with van der Waals surface area (Å²) in [5, 5.41) is 14.7. The number of nitrogens with zero attached hydrogens (tertiary/aromatic N) is 2. The third-order valence-corrected chi connectivity index (χ3v) is 8.47. The van der Waals surface area contributed by atoms with E-state index in [-0.39, 0.29) is 36.4 Å². The summed E-state index contributed by atoms with van der Waals surface area (Å²) in [5.41, 5.74) is 1.53. The van der Waals surface area contributed by atoms with Gasteiger partial charge in [0.05, 0.1) is 29.7 Å². The normalized spacial score (nSPS) is 13.8. The van der Waals surface area contributed by atoms with Crippen LogP contribution >= 0.6 is 0 Å². The molecule has 2 atom stereocenters. The summed E-state index contributed by atoms with van der Waals surface area (Å²) in [4.78, 5) is 13.4. The fourth-order valence-corrected chi connectivity index (χ4v) is 6.03. The van der Waals surface area contributed by atoms with E-state index in [4.69, 9.17) is 0 Å². The van der Waals surface area contributed by atoms with Crippen LogP contribution in [-0.2, 0) is 29.3 Å². The first-order valence-electron chi connectivity index (χ1n) is 14.1. The molecule has 7 nitrogen and oxygen atoms in total. The van der Waals surface area contributed by atoms with E-state index in [1.165, 1.54) is 24.3 Å². The van der Waals surface area contributed by atoms with E-state index in [0.717, 1.165) is 28.3 Å². The number of benzene rings is 4. The Bertz CT molecular complexity index is 1750. The quantitative estimate of drug-likeness (QED) is 0.127. The van der Waals surface area contributed by atoms with Crippen molar-refractivity contribution in [3.63, 3.8) is 0 Å². The summed E-state index contributed by atoms with van der Waals surface area (Å²) in [6.07, 6.45) is -1.97. The molecule has 4 aromatic rings. The molecule has 0 saturated carbocycles. The average Bonchev–Trinajstić information content (AvgIpc) is 2.99. The fraction of sp³-hybridized carbons (Fsp3) is 0.206. The molecule has 0 radical (unpaired) electrons. The zero-order valence-corrected chi connectivity index (χ0v) is 25.7. The number of rotatable bonds is 12. The van der Waals surface area contributed by atoms with Crippen LogP contribution in [0.25, 0.3) is 6.08 Å². The minimum atomic E-state index is -4.54. The van der Waals surface area contributed by atoms with Crippen molar-refractivity contribution in [1.29, 1.82) is 0 Å². The predicted octanol–water partition coefficient (Wildman–Crippen LogP) is 7.17. The largest absolute Gasteiger partial charge is 0.416 e. The maximum atomic E-state index is 13.4. The number of nitrogens with one attached hydrogen (secondary N) is 1. The molecule has 0 aromatic heterocycles. The van der Waals surface area contributed by atoms with E-state index >= 15 is 0 Å². The smallest absolute Gasteiger partial charge is 0.346 e. The number of carbonyl (C=O) groups excluding carboxylic acids is 1. The standard InChI is InChI=1S/C34H34F3N3O4S/c1-4-26-18-29(21-32(20-26)39(45(3,43)44)31-16-9-6-10-17-31)33(41)38-22-25(2)40(42,23-27-12-7-5-8-13-27)24-28-14-11-15-30(19-28)34(35,36)37/h4-21,25,42H,1,22-24H2,2-3H3/p+1/t25-,40?/m1/s1. The number of alkyl halides is 3. The van der Waals surface area contributed by atoms with E-state index in [1.807, 2.05) is 18.2 Å². The van der Waals surface area contributed by atoms with Gasteiger partial charge in [-0.25, -0.2) is 17.9 Å². The summed E-state index contributed by atoms with van der Waals surface area (Å²) < 4.78 is 66.3. The van der Waals surface area contributed by atoms with Crippen LogP contribution in [0.3, 0.4) is 0 Å². The lowest BCUT2D eigenvalue weighted by Crippen LogP contribution is -2.54. The molecule has 0 spiro atoms.